The van der Waals surface area contributed by atoms with Crippen LogP contribution in [0.2, 0.25) is 5.02 Å². The van der Waals surface area contributed by atoms with Crippen molar-refractivity contribution in [3.8, 4) is 16.9 Å². The van der Waals surface area contributed by atoms with Crippen LogP contribution in [-0.2, 0) is 13.0 Å². The van der Waals surface area contributed by atoms with Gasteiger partial charge in [0.1, 0.15) is 12.4 Å². The first-order valence-corrected chi connectivity index (χ1v) is 10.4. The van der Waals surface area contributed by atoms with Gasteiger partial charge in [-0.15, -0.1) is 11.1 Å². The molecule has 4 rings (SSSR count). The molecule has 2 N–H and O–H groups in total. The lowest BCUT2D eigenvalue weighted by molar-refractivity contribution is 0.214. The summed E-state index contributed by atoms with van der Waals surface area (Å²) in [5.41, 5.74) is 11.4. The Balaban J connectivity index is 1.60. The number of carbonyl (C=O) groups excluding carboxylic acids is 1. The van der Waals surface area contributed by atoms with Gasteiger partial charge in [-0.25, -0.2) is 14.8 Å². The van der Waals surface area contributed by atoms with E-state index in [2.05, 4.69) is 29.0 Å². The van der Waals surface area contributed by atoms with Gasteiger partial charge in [-0.05, 0) is 54.3 Å². The fourth-order valence-electron chi connectivity index (χ4n) is 3.58. The number of nitrogens with one attached hydrogen (secondary N) is 2. The maximum atomic E-state index is 12.5. The lowest BCUT2D eigenvalue weighted by Gasteiger charge is -2.21. The average Bonchev–Trinajstić information content (AvgIpc) is 3.11. The van der Waals surface area contributed by atoms with Crippen molar-refractivity contribution >= 4 is 23.3 Å². The van der Waals surface area contributed by atoms with Crippen LogP contribution in [0.25, 0.3) is 11.1 Å². The molecule has 2 heterocycles. The van der Waals surface area contributed by atoms with E-state index in [9.17, 15) is 4.79 Å². The molecule has 8 heteroatoms. The molecule has 0 radical (unpaired) electrons. The quantitative estimate of drug-likeness (QED) is 0.587. The highest BCUT2D eigenvalue weighted by Gasteiger charge is 2.29. The number of rotatable bonds is 6. The highest BCUT2D eigenvalue weighted by molar-refractivity contribution is 6.33. The molecule has 160 valence electrons. The third-order valence-electron chi connectivity index (χ3n) is 5.30. The van der Waals surface area contributed by atoms with Gasteiger partial charge in [0, 0.05) is 30.6 Å². The normalized spacial score (nSPS) is 13.7. The second-order valence-corrected chi connectivity index (χ2v) is 7.70. The fraction of sp³-hybridized carbons (Fsp3) is 0.217. The van der Waals surface area contributed by atoms with Gasteiger partial charge >= 0.3 is 6.03 Å². The molecular formula is C23H24ClN5O2. The number of anilines is 1. The highest BCUT2D eigenvalue weighted by Crippen LogP contribution is 2.32. The number of carbonyl (C=O) groups is 1. The standard InChI is InChI=1S/C23H24ClN5O2/c1-4-16-6-5-7-21(29-23(30)28(3)26-27-29)19(16)14-31-22-9-8-17(12-15(22)2)18-13-25-11-10-20(18)24/h5-13,26-27H,4,14H2,1-3H3. The number of hydrazine groups is 3. The van der Waals surface area contributed by atoms with Crippen molar-refractivity contribution in [2.45, 2.75) is 26.9 Å². The van der Waals surface area contributed by atoms with Gasteiger partial charge in [-0.1, -0.05) is 36.7 Å². The van der Waals surface area contributed by atoms with E-state index in [0.29, 0.717) is 11.6 Å². The molecule has 1 aromatic heterocycles. The summed E-state index contributed by atoms with van der Waals surface area (Å²) in [5.74, 6) is 0.775. The van der Waals surface area contributed by atoms with Crippen LogP contribution in [0, 0.1) is 6.92 Å². The van der Waals surface area contributed by atoms with Gasteiger partial charge in [0.15, 0.2) is 0 Å². The van der Waals surface area contributed by atoms with Crippen LogP contribution in [0.1, 0.15) is 23.6 Å². The minimum atomic E-state index is -0.191. The number of hydrogen-bond donors (Lipinski definition) is 2. The number of nitrogens with zero attached hydrogens (tertiary/aromatic N) is 3. The summed E-state index contributed by atoms with van der Waals surface area (Å²) in [6.45, 7) is 4.42. The van der Waals surface area contributed by atoms with E-state index in [1.165, 1.54) is 10.0 Å². The summed E-state index contributed by atoms with van der Waals surface area (Å²) in [7, 11) is 1.66. The van der Waals surface area contributed by atoms with Crippen molar-refractivity contribution in [3.63, 3.8) is 0 Å². The van der Waals surface area contributed by atoms with Crippen LogP contribution in [-0.4, -0.2) is 23.1 Å². The zero-order chi connectivity index (χ0) is 22.0. The Bertz CT molecular complexity index is 1120. The molecule has 0 spiro atoms. The van der Waals surface area contributed by atoms with Crippen molar-refractivity contribution in [1.82, 2.24) is 21.1 Å². The van der Waals surface area contributed by atoms with E-state index in [1.807, 2.05) is 37.3 Å². The summed E-state index contributed by atoms with van der Waals surface area (Å²) in [6.07, 6.45) is 4.26. The topological polar surface area (TPSA) is 69.7 Å². The van der Waals surface area contributed by atoms with Crippen LogP contribution < -0.4 is 20.8 Å². The van der Waals surface area contributed by atoms with Crippen LogP contribution in [0.4, 0.5) is 10.5 Å². The van der Waals surface area contributed by atoms with Crippen LogP contribution in [0.5, 0.6) is 5.75 Å². The zero-order valence-corrected chi connectivity index (χ0v) is 18.4. The summed E-state index contributed by atoms with van der Waals surface area (Å²) in [5, 5.41) is 3.53. The van der Waals surface area contributed by atoms with E-state index in [1.54, 1.807) is 25.5 Å². The second kappa shape index (κ2) is 8.93. The summed E-state index contributed by atoms with van der Waals surface area (Å²) < 4.78 is 6.20. The van der Waals surface area contributed by atoms with E-state index in [4.69, 9.17) is 16.3 Å². The molecule has 0 atom stereocenters. The van der Waals surface area contributed by atoms with Crippen LogP contribution in [0.15, 0.2) is 54.9 Å². The molecule has 7 nitrogen and oxygen atoms in total. The third-order valence-corrected chi connectivity index (χ3v) is 5.63. The number of aromatic nitrogens is 1. The number of pyridine rings is 1. The number of ether oxygens (including phenoxy) is 1. The van der Waals surface area contributed by atoms with Gasteiger partial charge < -0.3 is 4.74 Å². The average molecular weight is 438 g/mol. The molecule has 0 bridgehead atoms. The predicted octanol–water partition coefficient (Wildman–Crippen LogP) is 4.65. The Morgan fingerprint density at radius 2 is 2.00 bits per heavy atom. The lowest BCUT2D eigenvalue weighted by Crippen LogP contribution is -2.38. The second-order valence-electron chi connectivity index (χ2n) is 7.29. The van der Waals surface area contributed by atoms with Gasteiger partial charge in [0.2, 0.25) is 0 Å². The van der Waals surface area contributed by atoms with Crippen LogP contribution >= 0.6 is 11.6 Å². The minimum absolute atomic E-state index is 0.191. The van der Waals surface area contributed by atoms with Crippen molar-refractivity contribution < 1.29 is 9.53 Å². The smallest absolute Gasteiger partial charge is 0.355 e. The fourth-order valence-corrected chi connectivity index (χ4v) is 3.80. The van der Waals surface area contributed by atoms with Crippen molar-refractivity contribution in [2.24, 2.45) is 0 Å². The largest absolute Gasteiger partial charge is 0.489 e. The molecular weight excluding hydrogens is 414 g/mol. The number of halogens is 1. The van der Waals surface area contributed by atoms with Crippen molar-refractivity contribution in [2.75, 3.05) is 12.1 Å². The molecule has 2 amide bonds. The van der Waals surface area contributed by atoms with Crippen molar-refractivity contribution in [3.05, 3.63) is 76.6 Å². The monoisotopic (exact) mass is 437 g/mol. The maximum Gasteiger partial charge on any atom is 0.355 e. The van der Waals surface area contributed by atoms with Crippen molar-refractivity contribution in [1.29, 1.82) is 0 Å². The zero-order valence-electron chi connectivity index (χ0n) is 17.6. The van der Waals surface area contributed by atoms with E-state index >= 15 is 0 Å². The predicted molar refractivity (Wildman–Crippen MR) is 121 cm³/mol. The highest BCUT2D eigenvalue weighted by atomic mass is 35.5. The Kier molecular flexibility index (Phi) is 6.08. The van der Waals surface area contributed by atoms with E-state index in [0.717, 1.165) is 45.7 Å². The molecule has 1 fully saturated rings. The molecule has 1 aliphatic rings. The molecule has 31 heavy (non-hydrogen) atoms. The van der Waals surface area contributed by atoms with Crippen LogP contribution in [0.3, 0.4) is 0 Å². The van der Waals surface area contributed by atoms with E-state index < -0.39 is 0 Å². The molecule has 3 aromatic rings. The minimum Gasteiger partial charge on any atom is -0.489 e. The molecule has 0 unspecified atom stereocenters. The maximum absolute atomic E-state index is 12.5. The number of amides is 2. The summed E-state index contributed by atoms with van der Waals surface area (Å²) in [4.78, 5) is 16.6. The number of urea groups is 1. The van der Waals surface area contributed by atoms with Gasteiger partial charge in [0.05, 0.1) is 10.7 Å². The first kappa shape index (κ1) is 21.1. The Morgan fingerprint density at radius 3 is 2.68 bits per heavy atom. The number of benzene rings is 2. The van der Waals surface area contributed by atoms with E-state index in [-0.39, 0.29) is 6.03 Å². The Morgan fingerprint density at radius 1 is 1.16 bits per heavy atom. The Hall–Kier alpha value is -3.13. The number of aryl methyl sites for hydroxylation is 2. The molecule has 1 saturated heterocycles. The molecule has 0 aliphatic carbocycles. The SMILES string of the molecule is CCc1cccc(N2NNN(C)C2=O)c1COc1ccc(-c2cnccc2Cl)cc1C. The first-order valence-electron chi connectivity index (χ1n) is 10.0. The van der Waals surface area contributed by atoms with Gasteiger partial charge in [-0.2, -0.15) is 0 Å². The summed E-state index contributed by atoms with van der Waals surface area (Å²) >= 11 is 6.31. The third kappa shape index (κ3) is 4.20. The molecule has 0 saturated carbocycles. The first-order chi connectivity index (χ1) is 15.0. The Labute approximate surface area is 186 Å². The lowest BCUT2D eigenvalue weighted by atomic mass is 10.0. The van der Waals surface area contributed by atoms with Gasteiger partial charge in [0.25, 0.3) is 0 Å². The molecule has 2 aromatic carbocycles. The summed E-state index contributed by atoms with van der Waals surface area (Å²) in [6, 6.07) is 13.4. The van der Waals surface area contributed by atoms with Gasteiger partial charge in [-0.3, -0.25) is 4.98 Å². The number of hydrogen-bond acceptors (Lipinski definition) is 5. The molecule has 1 aliphatic heterocycles.